The molecule has 2 aromatic carbocycles. The van der Waals surface area contributed by atoms with Crippen LogP contribution in [0.3, 0.4) is 0 Å². The highest BCUT2D eigenvalue weighted by Crippen LogP contribution is 2.19. The Hall–Kier alpha value is -2.57. The van der Waals surface area contributed by atoms with Crippen LogP contribution in [0.2, 0.25) is 0 Å². The van der Waals surface area contributed by atoms with Gasteiger partial charge in [0, 0.05) is 33.4 Å². The van der Waals surface area contributed by atoms with Crippen molar-refractivity contribution in [1.82, 2.24) is 10.6 Å². The van der Waals surface area contributed by atoms with E-state index in [1.165, 1.54) is 22.3 Å². The van der Waals surface area contributed by atoms with Crippen molar-refractivity contribution in [2.75, 3.05) is 33.9 Å². The van der Waals surface area contributed by atoms with E-state index in [2.05, 4.69) is 58.9 Å². The normalized spacial score (nSPS) is 15.0. The molecule has 2 aromatic rings. The molecule has 0 aromatic heterocycles. The van der Waals surface area contributed by atoms with E-state index in [4.69, 9.17) is 14.2 Å². The molecule has 6 nitrogen and oxygen atoms in total. The largest absolute Gasteiger partial charge is 0.496 e. The number of methoxy groups -OCH3 is 1. The number of aliphatic imine (C=N–C) groups is 1. The van der Waals surface area contributed by atoms with Crippen molar-refractivity contribution in [3.05, 3.63) is 64.7 Å². The highest BCUT2D eigenvalue weighted by Gasteiger charge is 2.14. The molecule has 0 aliphatic carbocycles. The van der Waals surface area contributed by atoms with Gasteiger partial charge in [0.05, 0.1) is 19.8 Å². The minimum Gasteiger partial charge on any atom is -0.496 e. The molecule has 1 aliphatic rings. The molecule has 1 saturated heterocycles. The predicted octanol–water partition coefficient (Wildman–Crippen LogP) is 3.61. The van der Waals surface area contributed by atoms with Crippen molar-refractivity contribution in [3.63, 3.8) is 0 Å². The summed E-state index contributed by atoms with van der Waals surface area (Å²) in [4.78, 5) is 4.34. The van der Waals surface area contributed by atoms with Gasteiger partial charge in [0.25, 0.3) is 0 Å². The summed E-state index contributed by atoms with van der Waals surface area (Å²) in [6.07, 6.45) is 3.14. The average Bonchev–Trinajstić information content (AvgIpc) is 2.81. The van der Waals surface area contributed by atoms with Crippen LogP contribution in [0.5, 0.6) is 5.75 Å². The lowest BCUT2D eigenvalue weighted by Crippen LogP contribution is -2.37. The molecule has 0 atom stereocenters. The van der Waals surface area contributed by atoms with Crippen LogP contribution in [0.4, 0.5) is 0 Å². The minimum absolute atomic E-state index is 0.311. The van der Waals surface area contributed by atoms with Crippen LogP contribution in [0.1, 0.15) is 35.1 Å². The SMILES string of the molecule is CN=C(NCCc1cc(C)ccc1OC)NCc1cccc(COC2CCOCC2)c1. The fraction of sp³-hybridized carbons (Fsp3) is 0.480. The Balaban J connectivity index is 1.44. The van der Waals surface area contributed by atoms with Crippen LogP contribution in [-0.4, -0.2) is 46.0 Å². The molecule has 0 unspecified atom stereocenters. The van der Waals surface area contributed by atoms with Gasteiger partial charge in [-0.1, -0.05) is 42.0 Å². The molecule has 1 aliphatic heterocycles. The first-order valence-corrected chi connectivity index (χ1v) is 11.0. The lowest BCUT2D eigenvalue weighted by Gasteiger charge is -2.22. The van der Waals surface area contributed by atoms with Gasteiger partial charge in [0.2, 0.25) is 0 Å². The van der Waals surface area contributed by atoms with Gasteiger partial charge >= 0.3 is 0 Å². The number of benzene rings is 2. The van der Waals surface area contributed by atoms with E-state index in [-0.39, 0.29) is 0 Å². The first-order valence-electron chi connectivity index (χ1n) is 11.0. The Labute approximate surface area is 186 Å². The average molecular weight is 426 g/mol. The molecule has 0 saturated carbocycles. The summed E-state index contributed by atoms with van der Waals surface area (Å²) in [7, 11) is 3.51. The van der Waals surface area contributed by atoms with E-state index in [9.17, 15) is 0 Å². The van der Waals surface area contributed by atoms with Gasteiger partial charge in [-0.2, -0.15) is 0 Å². The molecule has 6 heteroatoms. The van der Waals surface area contributed by atoms with Crippen LogP contribution in [0.15, 0.2) is 47.5 Å². The molecule has 0 amide bonds. The summed E-state index contributed by atoms with van der Waals surface area (Å²) in [5.41, 5.74) is 4.83. The van der Waals surface area contributed by atoms with E-state index in [1.807, 2.05) is 6.07 Å². The fourth-order valence-corrected chi connectivity index (χ4v) is 3.71. The predicted molar refractivity (Wildman–Crippen MR) is 125 cm³/mol. The van der Waals surface area contributed by atoms with Crippen molar-refractivity contribution >= 4 is 5.96 Å². The monoisotopic (exact) mass is 425 g/mol. The highest BCUT2D eigenvalue weighted by atomic mass is 16.5. The van der Waals surface area contributed by atoms with Crippen molar-refractivity contribution in [2.24, 2.45) is 4.99 Å². The lowest BCUT2D eigenvalue weighted by molar-refractivity contribution is -0.0390. The lowest BCUT2D eigenvalue weighted by atomic mass is 10.1. The smallest absolute Gasteiger partial charge is 0.191 e. The molecular weight excluding hydrogens is 390 g/mol. The number of rotatable bonds is 9. The third kappa shape index (κ3) is 7.56. The Morgan fingerprint density at radius 2 is 1.90 bits per heavy atom. The zero-order chi connectivity index (χ0) is 21.9. The molecule has 3 rings (SSSR count). The van der Waals surface area contributed by atoms with Crippen molar-refractivity contribution in [2.45, 2.75) is 45.4 Å². The number of ether oxygens (including phenoxy) is 3. The van der Waals surface area contributed by atoms with E-state index >= 15 is 0 Å². The molecule has 31 heavy (non-hydrogen) atoms. The maximum Gasteiger partial charge on any atom is 0.191 e. The number of hydrogen-bond donors (Lipinski definition) is 2. The molecule has 1 heterocycles. The summed E-state index contributed by atoms with van der Waals surface area (Å²) < 4.78 is 16.9. The first kappa shape index (κ1) is 23.1. The van der Waals surface area contributed by atoms with E-state index in [0.717, 1.165) is 50.7 Å². The zero-order valence-corrected chi connectivity index (χ0v) is 18.9. The third-order valence-corrected chi connectivity index (χ3v) is 5.45. The van der Waals surface area contributed by atoms with Crippen LogP contribution in [-0.2, 0) is 29.0 Å². The van der Waals surface area contributed by atoms with Crippen molar-refractivity contribution < 1.29 is 14.2 Å². The van der Waals surface area contributed by atoms with Gasteiger partial charge in [-0.15, -0.1) is 0 Å². The van der Waals surface area contributed by atoms with E-state index in [0.29, 0.717) is 19.3 Å². The summed E-state index contributed by atoms with van der Waals surface area (Å²) in [5, 5.41) is 6.78. The number of aryl methyl sites for hydroxylation is 1. The minimum atomic E-state index is 0.311. The molecular formula is C25H35N3O3. The van der Waals surface area contributed by atoms with Crippen molar-refractivity contribution in [3.8, 4) is 5.75 Å². The number of hydrogen-bond acceptors (Lipinski definition) is 4. The molecule has 0 radical (unpaired) electrons. The number of nitrogens with zero attached hydrogens (tertiary/aromatic N) is 1. The number of guanidine groups is 1. The molecule has 2 N–H and O–H groups in total. The molecule has 168 valence electrons. The topological polar surface area (TPSA) is 64.1 Å². The van der Waals surface area contributed by atoms with Crippen LogP contribution in [0, 0.1) is 6.92 Å². The second kappa shape index (κ2) is 12.3. The Bertz CT molecular complexity index is 848. The molecule has 0 bridgehead atoms. The Kier molecular flexibility index (Phi) is 9.18. The summed E-state index contributed by atoms with van der Waals surface area (Å²) in [5.74, 6) is 1.71. The Morgan fingerprint density at radius 1 is 1.10 bits per heavy atom. The second-order valence-electron chi connectivity index (χ2n) is 7.86. The van der Waals surface area contributed by atoms with Crippen LogP contribution in [0.25, 0.3) is 0 Å². The first-order chi connectivity index (χ1) is 15.2. The molecule has 1 fully saturated rings. The standard InChI is InChI=1S/C25H35N3O3/c1-19-7-8-24(29-3)22(15-19)9-12-27-25(26-2)28-17-20-5-4-6-21(16-20)18-31-23-10-13-30-14-11-23/h4-8,15-16,23H,9-14,17-18H2,1-3H3,(H2,26,27,28). The Morgan fingerprint density at radius 3 is 2.68 bits per heavy atom. The second-order valence-corrected chi connectivity index (χ2v) is 7.86. The number of nitrogens with one attached hydrogen (secondary N) is 2. The van der Waals surface area contributed by atoms with Gasteiger partial charge in [-0.3, -0.25) is 4.99 Å². The van der Waals surface area contributed by atoms with Crippen LogP contribution < -0.4 is 15.4 Å². The maximum atomic E-state index is 6.05. The van der Waals surface area contributed by atoms with Gasteiger partial charge < -0.3 is 24.8 Å². The van der Waals surface area contributed by atoms with E-state index in [1.54, 1.807) is 14.2 Å². The van der Waals surface area contributed by atoms with Crippen LogP contribution >= 0.6 is 0 Å². The quantitative estimate of drug-likeness (QED) is 0.475. The summed E-state index contributed by atoms with van der Waals surface area (Å²) in [6, 6.07) is 14.8. The zero-order valence-electron chi connectivity index (χ0n) is 18.9. The van der Waals surface area contributed by atoms with Gasteiger partial charge in [-0.25, -0.2) is 0 Å². The third-order valence-electron chi connectivity index (χ3n) is 5.45. The summed E-state index contributed by atoms with van der Waals surface area (Å²) in [6.45, 7) is 5.83. The highest BCUT2D eigenvalue weighted by molar-refractivity contribution is 5.79. The van der Waals surface area contributed by atoms with E-state index < -0.39 is 0 Å². The summed E-state index contributed by atoms with van der Waals surface area (Å²) >= 11 is 0. The fourth-order valence-electron chi connectivity index (χ4n) is 3.71. The molecule has 0 spiro atoms. The van der Waals surface area contributed by atoms with Crippen molar-refractivity contribution in [1.29, 1.82) is 0 Å². The van der Waals surface area contributed by atoms with Gasteiger partial charge in [0.1, 0.15) is 5.75 Å². The van der Waals surface area contributed by atoms with Gasteiger partial charge in [-0.05, 0) is 48.9 Å². The maximum absolute atomic E-state index is 6.05. The van der Waals surface area contributed by atoms with Gasteiger partial charge in [0.15, 0.2) is 5.96 Å².